The SMILES string of the molecule is c1cc2c3cc1SSc1ccc4c(c1)Cc1cc5ccc1Cc1cc(ccc1C4)SSc1ccc(c(c1)Cc1cc(ccc1C3)SS5)C2. The second-order valence-corrected chi connectivity index (χ2v) is 20.0. The fourth-order valence-electron chi connectivity index (χ4n) is 7.47. The van der Waals surface area contributed by atoms with Crippen LogP contribution in [0.1, 0.15) is 66.8 Å². The van der Waals surface area contributed by atoms with E-state index >= 15 is 0 Å². The van der Waals surface area contributed by atoms with Gasteiger partial charge in [-0.25, -0.2) is 0 Å². The molecule has 0 saturated heterocycles. The normalized spacial score (nSPS) is 15.8. The van der Waals surface area contributed by atoms with Crippen LogP contribution in [0.15, 0.2) is 139 Å². The van der Waals surface area contributed by atoms with E-state index in [1.807, 2.05) is 64.8 Å². The van der Waals surface area contributed by atoms with Gasteiger partial charge in [-0.2, -0.15) is 0 Å². The third-order valence-corrected chi connectivity index (χ3v) is 17.2. The van der Waals surface area contributed by atoms with Crippen molar-refractivity contribution in [2.24, 2.45) is 0 Å². The van der Waals surface area contributed by atoms with Crippen LogP contribution in [0, 0.1) is 0 Å². The molecule has 0 fully saturated rings. The van der Waals surface area contributed by atoms with Gasteiger partial charge in [0.15, 0.2) is 0 Å². The van der Waals surface area contributed by atoms with Crippen LogP contribution in [-0.4, -0.2) is 0 Å². The van der Waals surface area contributed by atoms with E-state index in [1.165, 1.54) is 96.1 Å². The van der Waals surface area contributed by atoms with Gasteiger partial charge in [0.25, 0.3) is 0 Å². The Labute approximate surface area is 306 Å². The van der Waals surface area contributed by atoms with E-state index in [0.717, 1.165) is 38.5 Å². The Hall–Kier alpha value is -2.58. The molecule has 0 saturated carbocycles. The molecule has 4 aliphatic heterocycles. The van der Waals surface area contributed by atoms with Crippen LogP contribution in [0.4, 0.5) is 0 Å². The number of fused-ring (bicyclic) bond motifs is 4. The van der Waals surface area contributed by atoms with Gasteiger partial charge >= 0.3 is 0 Å². The third kappa shape index (κ3) is 5.97. The van der Waals surface area contributed by atoms with Crippen LogP contribution in [0.25, 0.3) is 0 Å². The lowest BCUT2D eigenvalue weighted by molar-refractivity contribution is 1.07. The van der Waals surface area contributed by atoms with E-state index in [0.29, 0.717) is 0 Å². The van der Waals surface area contributed by atoms with Crippen LogP contribution >= 0.6 is 64.8 Å². The maximum Gasteiger partial charge on any atom is 0.0189 e. The molecule has 6 aliphatic rings. The topological polar surface area (TPSA) is 0 Å². The molecule has 4 heterocycles. The summed E-state index contributed by atoms with van der Waals surface area (Å²) in [6.07, 6.45) is 5.80. The smallest absolute Gasteiger partial charge is 0.0189 e. The first-order chi connectivity index (χ1) is 23.6. The summed E-state index contributed by atoms with van der Waals surface area (Å²) in [6, 6.07) is 43.4. The molecule has 2 aliphatic carbocycles. The van der Waals surface area contributed by atoms with Crippen molar-refractivity contribution in [3.05, 3.63) is 176 Å². The van der Waals surface area contributed by atoms with Gasteiger partial charge in [0.05, 0.1) is 0 Å². The van der Waals surface area contributed by atoms with Crippen molar-refractivity contribution in [3.63, 3.8) is 0 Å². The average Bonchev–Trinajstić information content (AvgIpc) is 3.20. The van der Waals surface area contributed by atoms with Gasteiger partial charge < -0.3 is 0 Å². The summed E-state index contributed by atoms with van der Waals surface area (Å²) in [7, 11) is 11.4. The molecule has 6 heteroatoms. The third-order valence-electron chi connectivity index (χ3n) is 10.1. The van der Waals surface area contributed by atoms with E-state index in [2.05, 4.69) is 109 Å². The second kappa shape index (κ2) is 12.6. The lowest BCUT2D eigenvalue weighted by Crippen LogP contribution is -1.99. The van der Waals surface area contributed by atoms with E-state index in [4.69, 9.17) is 0 Å². The van der Waals surface area contributed by atoms with Crippen LogP contribution < -0.4 is 0 Å². The largest absolute Gasteiger partial charge is 0.0573 e. The summed E-state index contributed by atoms with van der Waals surface area (Å²) < 4.78 is 0. The molecule has 0 unspecified atom stereocenters. The average molecular weight is 727 g/mol. The standard InChI is InChI=1S/C42H30S6/c1-7-37-19-31-15-29-5-11-41-23-35(29)17-33-21-40(9-3-27(33)13-25(1)31)46-44-38-8-2-26-14-28-4-10-39(45-43-37)22-34(28)18-36-24-42(48-47-41)12-6-30(36)16-32(26)20-38/h1-12,19-24H,13-18H2. The summed E-state index contributed by atoms with van der Waals surface area (Å²) in [5.74, 6) is 0. The fourth-order valence-corrected chi connectivity index (χ4v) is 13.5. The van der Waals surface area contributed by atoms with Gasteiger partial charge in [-0.05, 0) is 178 Å². The Kier molecular flexibility index (Phi) is 7.96. The zero-order chi connectivity index (χ0) is 31.6. The molecule has 0 radical (unpaired) electrons. The van der Waals surface area contributed by atoms with Gasteiger partial charge in [0, 0.05) is 29.4 Å². The Morgan fingerprint density at radius 2 is 0.375 bits per heavy atom. The van der Waals surface area contributed by atoms with E-state index in [1.54, 1.807) is 0 Å². The molecule has 12 rings (SSSR count). The van der Waals surface area contributed by atoms with Gasteiger partial charge in [-0.1, -0.05) is 101 Å². The minimum Gasteiger partial charge on any atom is -0.0573 e. The predicted molar refractivity (Wildman–Crippen MR) is 211 cm³/mol. The number of benzene rings is 6. The Morgan fingerprint density at radius 1 is 0.208 bits per heavy atom. The highest BCUT2D eigenvalue weighted by Crippen LogP contribution is 2.45. The van der Waals surface area contributed by atoms with E-state index in [9.17, 15) is 0 Å². The first-order valence-electron chi connectivity index (χ1n) is 16.4. The summed E-state index contributed by atoms with van der Waals surface area (Å²) in [5.41, 5.74) is 17.4. The molecule has 6 aromatic rings. The lowest BCUT2D eigenvalue weighted by atomic mass is 9.95. The van der Waals surface area contributed by atoms with Crippen molar-refractivity contribution in [1.82, 2.24) is 0 Å². The Morgan fingerprint density at radius 3 is 0.583 bits per heavy atom. The molecule has 234 valence electrons. The summed E-state index contributed by atoms with van der Waals surface area (Å²) >= 11 is 0. The molecule has 0 aromatic heterocycles. The number of rotatable bonds is 0. The molecule has 14 bridgehead atoms. The molecule has 0 amide bonds. The minimum absolute atomic E-state index is 0.962. The summed E-state index contributed by atoms with van der Waals surface area (Å²) in [6.45, 7) is 0. The molecule has 0 nitrogen and oxygen atoms in total. The molecular weight excluding hydrogens is 697 g/mol. The van der Waals surface area contributed by atoms with Crippen molar-refractivity contribution in [1.29, 1.82) is 0 Å². The predicted octanol–water partition coefficient (Wildman–Crippen LogP) is 12.9. The molecule has 0 N–H and O–H groups in total. The maximum absolute atomic E-state index is 2.48. The number of hydrogen-bond donors (Lipinski definition) is 0. The van der Waals surface area contributed by atoms with Crippen molar-refractivity contribution >= 4 is 64.8 Å². The monoisotopic (exact) mass is 726 g/mol. The van der Waals surface area contributed by atoms with Crippen molar-refractivity contribution < 1.29 is 0 Å². The van der Waals surface area contributed by atoms with Crippen molar-refractivity contribution in [2.45, 2.75) is 67.9 Å². The second-order valence-electron chi connectivity index (χ2n) is 13.1. The van der Waals surface area contributed by atoms with Crippen LogP contribution in [0.3, 0.4) is 0 Å². The van der Waals surface area contributed by atoms with Crippen molar-refractivity contribution in [2.75, 3.05) is 0 Å². The van der Waals surface area contributed by atoms with Gasteiger partial charge in [-0.15, -0.1) is 0 Å². The molecule has 48 heavy (non-hydrogen) atoms. The first-order valence-corrected chi connectivity index (χ1v) is 22.8. The Bertz CT molecular complexity index is 2110. The fraction of sp³-hybridized carbons (Fsp3) is 0.143. The van der Waals surface area contributed by atoms with E-state index in [-0.39, 0.29) is 0 Å². The van der Waals surface area contributed by atoms with Gasteiger partial charge in [0.1, 0.15) is 0 Å². The number of hydrogen-bond acceptors (Lipinski definition) is 6. The molecule has 0 atom stereocenters. The maximum atomic E-state index is 2.48. The highest BCUT2D eigenvalue weighted by atomic mass is 33.1. The summed E-state index contributed by atoms with van der Waals surface area (Å²) in [5, 5.41) is 0. The van der Waals surface area contributed by atoms with Gasteiger partial charge in [-0.3, -0.25) is 0 Å². The van der Waals surface area contributed by atoms with Crippen molar-refractivity contribution in [3.8, 4) is 0 Å². The van der Waals surface area contributed by atoms with E-state index < -0.39 is 0 Å². The Balaban J connectivity index is 1.24. The minimum atomic E-state index is 0.962. The lowest BCUT2D eigenvalue weighted by Gasteiger charge is -2.15. The molecule has 6 aromatic carbocycles. The van der Waals surface area contributed by atoms with Gasteiger partial charge in [0.2, 0.25) is 0 Å². The highest BCUT2D eigenvalue weighted by Gasteiger charge is 2.20. The molecular formula is C42H30S6. The highest BCUT2D eigenvalue weighted by molar-refractivity contribution is 8.77. The zero-order valence-corrected chi connectivity index (χ0v) is 31.0. The first kappa shape index (κ1) is 30.3. The zero-order valence-electron chi connectivity index (χ0n) is 26.1. The van der Waals surface area contributed by atoms with Crippen LogP contribution in [0.5, 0.6) is 0 Å². The molecule has 0 spiro atoms. The van der Waals surface area contributed by atoms with Crippen LogP contribution in [0.2, 0.25) is 0 Å². The summed E-state index contributed by atoms with van der Waals surface area (Å²) in [4.78, 5) is 7.98. The quantitative estimate of drug-likeness (QED) is 0.142. The van der Waals surface area contributed by atoms with Crippen LogP contribution in [-0.2, 0) is 38.5 Å².